The van der Waals surface area contributed by atoms with Gasteiger partial charge in [0.15, 0.2) is 0 Å². The van der Waals surface area contributed by atoms with Crippen molar-refractivity contribution in [2.75, 3.05) is 10.6 Å². The molecule has 0 aliphatic rings. The number of aryl methyl sites for hydroxylation is 1. The van der Waals surface area contributed by atoms with E-state index in [1.54, 1.807) is 0 Å². The van der Waals surface area contributed by atoms with Gasteiger partial charge in [-0.25, -0.2) is 9.78 Å². The lowest BCUT2D eigenvalue weighted by atomic mass is 9.85. The highest BCUT2D eigenvalue weighted by Crippen LogP contribution is 2.33. The molecule has 2 heterocycles. The Bertz CT molecular complexity index is 2270. The maximum Gasteiger partial charge on any atom is 0.416 e. The lowest BCUT2D eigenvalue weighted by molar-refractivity contribution is -0.137. The smallest absolute Gasteiger partial charge is 0.416 e. The van der Waals surface area contributed by atoms with E-state index in [0.29, 0.717) is 34.3 Å². The summed E-state index contributed by atoms with van der Waals surface area (Å²) >= 11 is 0.980. The molecule has 2 aromatic heterocycles. The van der Waals surface area contributed by atoms with E-state index in [0.717, 1.165) is 51.2 Å². The van der Waals surface area contributed by atoms with Gasteiger partial charge < -0.3 is 29.8 Å². The molecule has 0 unspecified atom stereocenters. The van der Waals surface area contributed by atoms with E-state index in [-0.39, 0.29) is 35.1 Å². The molecule has 4 aromatic carbocycles. The van der Waals surface area contributed by atoms with Crippen LogP contribution in [0.15, 0.2) is 89.7 Å². The number of rotatable bonds is 10. The first-order valence-corrected chi connectivity index (χ1v) is 17.0. The van der Waals surface area contributed by atoms with Crippen molar-refractivity contribution in [3.63, 3.8) is 0 Å². The van der Waals surface area contributed by atoms with Gasteiger partial charge in [0.05, 0.1) is 21.5 Å². The SMILES string of the molecule is Cn1c(COc2ccc(Cc3sc(=O)[nH]c3O)cc2)nc2ccc(OCc3ccc(C(C)(C)C)c(NC(=O)Nc4ccc(C(F)(F)F)cc4)c3)cc21. The van der Waals surface area contributed by atoms with E-state index < -0.39 is 17.8 Å². The van der Waals surface area contributed by atoms with Crippen molar-refractivity contribution < 1.29 is 32.5 Å². The second-order valence-electron chi connectivity index (χ2n) is 13.2. The molecule has 0 radical (unpaired) electrons. The fraction of sp³-hybridized carbons (Fsp3) is 0.237. The number of aromatic hydroxyl groups is 1. The van der Waals surface area contributed by atoms with Crippen molar-refractivity contribution in [3.05, 3.63) is 128 Å². The number of fused-ring (bicyclic) bond motifs is 1. The van der Waals surface area contributed by atoms with Gasteiger partial charge in [-0.3, -0.25) is 9.78 Å². The predicted octanol–water partition coefficient (Wildman–Crippen LogP) is 8.74. The summed E-state index contributed by atoms with van der Waals surface area (Å²) in [5, 5.41) is 15.3. The van der Waals surface area contributed by atoms with Crippen LogP contribution in [0.4, 0.5) is 29.3 Å². The fourth-order valence-electron chi connectivity index (χ4n) is 5.58. The minimum absolute atomic E-state index is 0.104. The molecule has 4 N–H and O–H groups in total. The number of nitrogens with zero attached hydrogens (tertiary/aromatic N) is 2. The minimum atomic E-state index is -4.47. The molecule has 0 aliphatic carbocycles. The highest BCUT2D eigenvalue weighted by atomic mass is 32.1. The number of ether oxygens (including phenoxy) is 2. The van der Waals surface area contributed by atoms with Gasteiger partial charge in [0, 0.05) is 30.9 Å². The molecule has 6 rings (SSSR count). The Morgan fingerprint density at radius 2 is 1.56 bits per heavy atom. The minimum Gasteiger partial charge on any atom is -0.494 e. The number of nitrogens with one attached hydrogen (secondary N) is 3. The Labute approximate surface area is 300 Å². The second kappa shape index (κ2) is 14.5. The molecule has 0 spiro atoms. The molecule has 0 saturated heterocycles. The van der Waals surface area contributed by atoms with E-state index in [4.69, 9.17) is 14.5 Å². The van der Waals surface area contributed by atoms with Crippen LogP contribution in [0.3, 0.4) is 0 Å². The summed E-state index contributed by atoms with van der Waals surface area (Å²) in [4.78, 5) is 31.7. The highest BCUT2D eigenvalue weighted by Gasteiger charge is 2.30. The van der Waals surface area contributed by atoms with Crippen molar-refractivity contribution in [3.8, 4) is 17.4 Å². The maximum absolute atomic E-state index is 12.9. The molecule has 2 amide bonds. The van der Waals surface area contributed by atoms with Gasteiger partial charge in [-0.05, 0) is 76.7 Å². The zero-order valence-corrected chi connectivity index (χ0v) is 29.5. The Balaban J connectivity index is 1.09. The van der Waals surface area contributed by atoms with E-state index in [2.05, 4.69) is 15.6 Å². The molecule has 14 heteroatoms. The van der Waals surface area contributed by atoms with Crippen LogP contribution in [-0.2, 0) is 38.3 Å². The number of benzene rings is 4. The number of aromatic amines is 1. The number of carbonyl (C=O) groups excluding carboxylic acids is 1. The average molecular weight is 732 g/mol. The Morgan fingerprint density at radius 1 is 0.885 bits per heavy atom. The number of hydrogen-bond acceptors (Lipinski definition) is 7. The number of halogens is 3. The topological polar surface area (TPSA) is 130 Å². The zero-order chi connectivity index (χ0) is 37.2. The van der Waals surface area contributed by atoms with Crippen molar-refractivity contribution >= 4 is 39.8 Å². The van der Waals surface area contributed by atoms with E-state index in [9.17, 15) is 27.9 Å². The number of thiazole rings is 1. The molecule has 52 heavy (non-hydrogen) atoms. The largest absolute Gasteiger partial charge is 0.494 e. The zero-order valence-electron chi connectivity index (χ0n) is 28.7. The normalized spacial score (nSPS) is 11.8. The van der Waals surface area contributed by atoms with Gasteiger partial charge in [0.1, 0.15) is 30.5 Å². The standard InChI is InChI=1S/C38H36F3N5O5S/c1-37(2,3)28-15-7-23(17-30(28)44-35(48)42-25-10-8-24(9-11-25)38(39,40)41)20-50-27-14-16-29-31(19-27)46(4)33(43-29)21-51-26-12-5-22(6-13-26)18-32-34(47)45-36(49)52-32/h5-17,19,47H,18,20-21H2,1-4H3,(H,45,49)(H2,42,44,48). The first-order chi connectivity index (χ1) is 24.6. The van der Waals surface area contributed by atoms with Gasteiger partial charge in [0.25, 0.3) is 0 Å². The molecule has 0 bridgehead atoms. The number of carbonyl (C=O) groups is 1. The summed E-state index contributed by atoms with van der Waals surface area (Å²) in [5.41, 5.74) is 3.88. The van der Waals surface area contributed by atoms with Crippen LogP contribution in [0.5, 0.6) is 17.4 Å². The number of imidazole rings is 1. The summed E-state index contributed by atoms with van der Waals surface area (Å²) in [6.45, 7) is 6.48. The molecule has 0 atom stereocenters. The number of anilines is 2. The van der Waals surface area contributed by atoms with Crippen molar-refractivity contribution in [1.29, 1.82) is 0 Å². The molecular weight excluding hydrogens is 696 g/mol. The van der Waals surface area contributed by atoms with Gasteiger partial charge in [-0.15, -0.1) is 0 Å². The Kier molecular flexibility index (Phi) is 10.0. The van der Waals surface area contributed by atoms with E-state index in [1.165, 1.54) is 12.1 Å². The number of H-pyrrole nitrogens is 1. The number of urea groups is 1. The van der Waals surface area contributed by atoms with Gasteiger partial charge in [0.2, 0.25) is 5.88 Å². The Hall–Kier alpha value is -5.76. The third-order valence-corrected chi connectivity index (χ3v) is 9.19. The van der Waals surface area contributed by atoms with Gasteiger partial charge >= 0.3 is 17.1 Å². The summed E-state index contributed by atoms with van der Waals surface area (Å²) in [5.74, 6) is 1.87. The van der Waals surface area contributed by atoms with Crippen LogP contribution in [0.1, 0.15) is 53.7 Å². The highest BCUT2D eigenvalue weighted by molar-refractivity contribution is 7.09. The molecule has 270 valence electrons. The first-order valence-electron chi connectivity index (χ1n) is 16.2. The Morgan fingerprint density at radius 3 is 2.21 bits per heavy atom. The van der Waals surface area contributed by atoms with Crippen molar-refractivity contribution in [2.45, 2.75) is 52.0 Å². The van der Waals surface area contributed by atoms with E-state index >= 15 is 0 Å². The summed E-state index contributed by atoms with van der Waals surface area (Å²) in [7, 11) is 1.90. The number of alkyl halides is 3. The van der Waals surface area contributed by atoms with Crippen LogP contribution >= 0.6 is 11.3 Å². The molecule has 0 aliphatic heterocycles. The number of hydrogen-bond donors (Lipinski definition) is 4. The van der Waals surface area contributed by atoms with E-state index in [1.807, 2.05) is 93.0 Å². The average Bonchev–Trinajstić information content (AvgIpc) is 3.58. The maximum atomic E-state index is 12.9. The predicted molar refractivity (Wildman–Crippen MR) is 194 cm³/mol. The van der Waals surface area contributed by atoms with Crippen LogP contribution in [-0.4, -0.2) is 25.7 Å². The third-order valence-electron chi connectivity index (χ3n) is 8.32. The third kappa shape index (κ3) is 8.57. The summed E-state index contributed by atoms with van der Waals surface area (Å²) < 4.78 is 52.9. The molecule has 6 aromatic rings. The molecular formula is C38H36F3N5O5S. The molecule has 10 nitrogen and oxygen atoms in total. The van der Waals surface area contributed by atoms with Crippen LogP contribution < -0.4 is 25.0 Å². The fourth-order valence-corrected chi connectivity index (χ4v) is 6.34. The molecule has 0 saturated carbocycles. The number of amides is 2. The lowest BCUT2D eigenvalue weighted by Crippen LogP contribution is -2.23. The first kappa shape index (κ1) is 36.0. The molecule has 0 fully saturated rings. The van der Waals surface area contributed by atoms with Crippen molar-refractivity contribution in [1.82, 2.24) is 14.5 Å². The monoisotopic (exact) mass is 731 g/mol. The number of aromatic nitrogens is 3. The van der Waals surface area contributed by atoms with Gasteiger partial charge in [-0.2, -0.15) is 13.2 Å². The van der Waals surface area contributed by atoms with Crippen LogP contribution in [0.2, 0.25) is 0 Å². The quantitative estimate of drug-likeness (QED) is 0.112. The summed E-state index contributed by atoms with van der Waals surface area (Å²) in [6, 6.07) is 22.4. The summed E-state index contributed by atoms with van der Waals surface area (Å²) in [6.07, 6.45) is -4.04. The van der Waals surface area contributed by atoms with Crippen molar-refractivity contribution in [2.24, 2.45) is 7.05 Å². The second-order valence-corrected chi connectivity index (χ2v) is 14.3. The lowest BCUT2D eigenvalue weighted by Gasteiger charge is -2.24. The van der Waals surface area contributed by atoms with Gasteiger partial charge in [-0.1, -0.05) is 56.4 Å². The van der Waals surface area contributed by atoms with Crippen LogP contribution in [0, 0.1) is 0 Å². The van der Waals surface area contributed by atoms with Crippen LogP contribution in [0.25, 0.3) is 11.0 Å².